The lowest BCUT2D eigenvalue weighted by molar-refractivity contribution is -0.146. The summed E-state index contributed by atoms with van der Waals surface area (Å²) in [6.45, 7) is 7.02. The second-order valence-corrected chi connectivity index (χ2v) is 10.9. The number of carbonyl (C=O) groups is 3. The number of benzene rings is 2. The lowest BCUT2D eigenvalue weighted by atomic mass is 10.1. The fraction of sp³-hybridized carbons (Fsp3) is 0.516. The van der Waals surface area contributed by atoms with Crippen molar-refractivity contribution in [1.82, 2.24) is 5.32 Å². The Balaban J connectivity index is 2.11. The van der Waals surface area contributed by atoms with E-state index >= 15 is 0 Å². The summed E-state index contributed by atoms with van der Waals surface area (Å²) in [5.74, 6) is -2.07. The molecule has 0 saturated carbocycles. The van der Waals surface area contributed by atoms with Crippen LogP contribution >= 0.6 is 0 Å². The quantitative estimate of drug-likeness (QED) is 0.164. The first-order valence-corrected chi connectivity index (χ1v) is 14.1. The van der Waals surface area contributed by atoms with Crippen molar-refractivity contribution in [1.29, 1.82) is 0 Å². The molecule has 0 aliphatic heterocycles. The SMILES string of the molecule is CCCCCCCCOc1ccc(NC(=O)[C@H](CC(=O)OCc2ccccc2)NC(=O)OC(C)(C)C)cc1C(F)(F)F. The van der Waals surface area contributed by atoms with Crippen molar-refractivity contribution in [2.45, 2.75) is 97.1 Å². The van der Waals surface area contributed by atoms with Crippen LogP contribution in [0.1, 0.15) is 83.8 Å². The Morgan fingerprint density at radius 3 is 2.21 bits per heavy atom. The molecular formula is C31H41F3N2O6. The van der Waals surface area contributed by atoms with Gasteiger partial charge in [-0.2, -0.15) is 13.2 Å². The van der Waals surface area contributed by atoms with Gasteiger partial charge in [0, 0.05) is 5.69 Å². The zero-order valence-electron chi connectivity index (χ0n) is 24.6. The highest BCUT2D eigenvalue weighted by Crippen LogP contribution is 2.38. The summed E-state index contributed by atoms with van der Waals surface area (Å²) in [6, 6.07) is 10.5. The third-order valence-electron chi connectivity index (χ3n) is 5.93. The monoisotopic (exact) mass is 594 g/mol. The van der Waals surface area contributed by atoms with Crippen LogP contribution in [0, 0.1) is 0 Å². The molecule has 11 heteroatoms. The van der Waals surface area contributed by atoms with Crippen LogP contribution in [0.25, 0.3) is 0 Å². The number of hydrogen-bond acceptors (Lipinski definition) is 6. The van der Waals surface area contributed by atoms with Crippen LogP contribution in [-0.4, -0.2) is 36.2 Å². The third kappa shape index (κ3) is 13.3. The molecule has 0 saturated heterocycles. The van der Waals surface area contributed by atoms with Crippen LogP contribution in [-0.2, 0) is 31.8 Å². The summed E-state index contributed by atoms with van der Waals surface area (Å²) in [7, 11) is 0. The summed E-state index contributed by atoms with van der Waals surface area (Å²) in [5, 5.41) is 4.66. The molecule has 0 spiro atoms. The van der Waals surface area contributed by atoms with E-state index in [-0.39, 0.29) is 24.7 Å². The summed E-state index contributed by atoms with van der Waals surface area (Å²) in [4.78, 5) is 38.0. The second kappa shape index (κ2) is 16.6. The molecule has 2 aromatic rings. The first-order valence-electron chi connectivity index (χ1n) is 14.1. The normalized spacial score (nSPS) is 12.3. The fourth-order valence-electron chi connectivity index (χ4n) is 3.87. The minimum Gasteiger partial charge on any atom is -0.493 e. The second-order valence-electron chi connectivity index (χ2n) is 10.9. The Kier molecular flexibility index (Phi) is 13.6. The average Bonchev–Trinajstić information content (AvgIpc) is 2.90. The topological polar surface area (TPSA) is 103 Å². The van der Waals surface area contributed by atoms with Crippen molar-refractivity contribution in [3.05, 3.63) is 59.7 Å². The van der Waals surface area contributed by atoms with E-state index in [1.54, 1.807) is 51.1 Å². The summed E-state index contributed by atoms with van der Waals surface area (Å²) in [5.41, 5.74) is -1.42. The third-order valence-corrected chi connectivity index (χ3v) is 5.93. The molecule has 0 aliphatic rings. The van der Waals surface area contributed by atoms with Gasteiger partial charge in [-0.1, -0.05) is 69.4 Å². The number of esters is 1. The lowest BCUT2D eigenvalue weighted by Gasteiger charge is -2.23. The van der Waals surface area contributed by atoms with Gasteiger partial charge in [0.1, 0.15) is 24.0 Å². The van der Waals surface area contributed by atoms with Crippen molar-refractivity contribution in [3.8, 4) is 5.75 Å². The minimum atomic E-state index is -4.74. The Labute approximate surface area is 245 Å². The van der Waals surface area contributed by atoms with Gasteiger partial charge in [0.15, 0.2) is 0 Å². The van der Waals surface area contributed by atoms with Gasteiger partial charge in [0.05, 0.1) is 18.6 Å². The molecule has 42 heavy (non-hydrogen) atoms. The van der Waals surface area contributed by atoms with E-state index in [9.17, 15) is 27.6 Å². The number of carbonyl (C=O) groups excluding carboxylic acids is 3. The fourth-order valence-corrected chi connectivity index (χ4v) is 3.87. The Hall–Kier alpha value is -3.76. The predicted molar refractivity (Wildman–Crippen MR) is 153 cm³/mol. The number of unbranched alkanes of at least 4 members (excludes halogenated alkanes) is 5. The molecule has 0 fully saturated rings. The largest absolute Gasteiger partial charge is 0.493 e. The maximum atomic E-state index is 13.8. The lowest BCUT2D eigenvalue weighted by Crippen LogP contribution is -2.47. The van der Waals surface area contributed by atoms with Crippen molar-refractivity contribution in [2.24, 2.45) is 0 Å². The molecule has 0 unspecified atom stereocenters. The highest BCUT2D eigenvalue weighted by molar-refractivity contribution is 5.98. The zero-order chi connectivity index (χ0) is 31.2. The van der Waals surface area contributed by atoms with Crippen molar-refractivity contribution in [3.63, 3.8) is 0 Å². The number of alkyl carbamates (subject to hydrolysis) is 1. The van der Waals surface area contributed by atoms with E-state index in [1.807, 2.05) is 0 Å². The molecule has 2 N–H and O–H groups in total. The minimum absolute atomic E-state index is 0.0599. The van der Waals surface area contributed by atoms with Gasteiger partial charge in [-0.15, -0.1) is 0 Å². The predicted octanol–water partition coefficient (Wildman–Crippen LogP) is 7.41. The molecule has 0 heterocycles. The first-order chi connectivity index (χ1) is 19.8. The van der Waals surface area contributed by atoms with E-state index < -0.39 is 47.8 Å². The van der Waals surface area contributed by atoms with Gasteiger partial charge in [0.2, 0.25) is 5.91 Å². The molecule has 0 aliphatic carbocycles. The molecule has 2 aromatic carbocycles. The van der Waals surface area contributed by atoms with E-state index in [1.165, 1.54) is 6.07 Å². The number of amides is 2. The summed E-state index contributed by atoms with van der Waals surface area (Å²) >= 11 is 0. The maximum absolute atomic E-state index is 13.8. The smallest absolute Gasteiger partial charge is 0.420 e. The van der Waals surface area contributed by atoms with Crippen molar-refractivity contribution in [2.75, 3.05) is 11.9 Å². The molecule has 232 valence electrons. The van der Waals surface area contributed by atoms with Gasteiger partial charge in [-0.05, 0) is 51.0 Å². The number of halogens is 3. The van der Waals surface area contributed by atoms with E-state index in [4.69, 9.17) is 14.2 Å². The summed E-state index contributed by atoms with van der Waals surface area (Å²) < 4.78 is 57.3. The molecular weight excluding hydrogens is 553 g/mol. The molecule has 1 atom stereocenters. The van der Waals surface area contributed by atoms with Crippen LogP contribution in [0.4, 0.5) is 23.7 Å². The zero-order valence-corrected chi connectivity index (χ0v) is 24.6. The summed E-state index contributed by atoms with van der Waals surface area (Å²) in [6.07, 6.45) is -0.531. The molecule has 0 bridgehead atoms. The van der Waals surface area contributed by atoms with Crippen LogP contribution in [0.5, 0.6) is 5.75 Å². The highest BCUT2D eigenvalue weighted by atomic mass is 19.4. The molecule has 2 amide bonds. The van der Waals surface area contributed by atoms with Gasteiger partial charge in [-0.25, -0.2) is 4.79 Å². The van der Waals surface area contributed by atoms with Crippen molar-refractivity contribution < 1.29 is 41.8 Å². The number of ether oxygens (including phenoxy) is 3. The number of rotatable bonds is 15. The number of hydrogen-bond donors (Lipinski definition) is 2. The van der Waals surface area contributed by atoms with Gasteiger partial charge in [0.25, 0.3) is 0 Å². The van der Waals surface area contributed by atoms with E-state index in [0.29, 0.717) is 12.0 Å². The first kappa shape index (κ1) is 34.4. The van der Waals surface area contributed by atoms with Gasteiger partial charge in [-0.3, -0.25) is 9.59 Å². The van der Waals surface area contributed by atoms with E-state index in [0.717, 1.165) is 44.2 Å². The van der Waals surface area contributed by atoms with Crippen LogP contribution < -0.4 is 15.4 Å². The van der Waals surface area contributed by atoms with E-state index in [2.05, 4.69) is 17.6 Å². The number of anilines is 1. The standard InChI is InChI=1S/C31H41F3N2O6/c1-5-6-7-8-9-13-18-40-26-17-16-23(19-24(26)31(32,33)34)35-28(38)25(36-29(39)42-30(2,3)4)20-27(37)41-21-22-14-11-10-12-15-22/h10-12,14-17,19,25H,5-9,13,18,20-21H2,1-4H3,(H,35,38)(H,36,39)/t25-/m0/s1. The average molecular weight is 595 g/mol. The van der Waals surface area contributed by atoms with Gasteiger partial charge < -0.3 is 24.8 Å². The molecule has 8 nitrogen and oxygen atoms in total. The molecule has 2 rings (SSSR count). The molecule has 0 aromatic heterocycles. The van der Waals surface area contributed by atoms with Crippen LogP contribution in [0.3, 0.4) is 0 Å². The maximum Gasteiger partial charge on any atom is 0.420 e. The van der Waals surface area contributed by atoms with Crippen LogP contribution in [0.2, 0.25) is 0 Å². The number of nitrogens with one attached hydrogen (secondary N) is 2. The molecule has 0 radical (unpaired) electrons. The van der Waals surface area contributed by atoms with Crippen molar-refractivity contribution >= 4 is 23.7 Å². The van der Waals surface area contributed by atoms with Gasteiger partial charge >= 0.3 is 18.2 Å². The Bertz CT molecular complexity index is 1150. The van der Waals surface area contributed by atoms with Crippen LogP contribution in [0.15, 0.2) is 48.5 Å². The Morgan fingerprint density at radius 1 is 0.905 bits per heavy atom. The Morgan fingerprint density at radius 2 is 1.57 bits per heavy atom. The number of alkyl halides is 3. The highest BCUT2D eigenvalue weighted by Gasteiger charge is 2.35.